The van der Waals surface area contributed by atoms with E-state index in [-0.39, 0.29) is 0 Å². The van der Waals surface area contributed by atoms with Gasteiger partial charge in [0.05, 0.1) is 11.0 Å². The van der Waals surface area contributed by atoms with Crippen LogP contribution in [0.15, 0.2) is 303 Å². The van der Waals surface area contributed by atoms with E-state index in [2.05, 4.69) is 313 Å². The number of benzene rings is 12. The summed E-state index contributed by atoms with van der Waals surface area (Å²) in [5.74, 6) is 0. The molecular formula is C72H50N2. The molecule has 0 amide bonds. The first-order chi connectivity index (χ1) is 36.7. The molecule has 74 heavy (non-hydrogen) atoms. The summed E-state index contributed by atoms with van der Waals surface area (Å²) in [7, 11) is 0. The third-order valence-corrected chi connectivity index (χ3v) is 14.4. The Kier molecular flexibility index (Phi) is 11.6. The fourth-order valence-corrected chi connectivity index (χ4v) is 10.8. The van der Waals surface area contributed by atoms with E-state index in [1.807, 2.05) is 0 Å². The van der Waals surface area contributed by atoms with Gasteiger partial charge in [-0.25, -0.2) is 0 Å². The van der Waals surface area contributed by atoms with Crippen molar-refractivity contribution in [1.82, 2.24) is 4.57 Å². The van der Waals surface area contributed by atoms with Crippen LogP contribution >= 0.6 is 0 Å². The predicted octanol–water partition coefficient (Wildman–Crippen LogP) is 19.9. The smallest absolute Gasteiger partial charge is 0.0547 e. The van der Waals surface area contributed by atoms with Crippen molar-refractivity contribution in [2.75, 3.05) is 4.90 Å². The van der Waals surface area contributed by atoms with Crippen LogP contribution in [0.4, 0.5) is 17.1 Å². The summed E-state index contributed by atoms with van der Waals surface area (Å²) in [4.78, 5) is 2.39. The topological polar surface area (TPSA) is 8.17 Å². The molecule has 0 aliphatic rings. The van der Waals surface area contributed by atoms with Crippen LogP contribution < -0.4 is 4.90 Å². The Morgan fingerprint density at radius 1 is 0.216 bits per heavy atom. The van der Waals surface area contributed by atoms with Gasteiger partial charge in [0, 0.05) is 33.5 Å². The third-order valence-electron chi connectivity index (χ3n) is 14.4. The molecule has 0 fully saturated rings. The first-order valence-electron chi connectivity index (χ1n) is 25.4. The lowest BCUT2D eigenvalue weighted by atomic mass is 9.93. The Balaban J connectivity index is 0.910. The summed E-state index contributed by atoms with van der Waals surface area (Å²) in [6.07, 6.45) is 0. The Labute approximate surface area is 433 Å². The van der Waals surface area contributed by atoms with Gasteiger partial charge in [-0.1, -0.05) is 218 Å². The minimum absolute atomic E-state index is 1.07. The van der Waals surface area contributed by atoms with Crippen LogP contribution in [0.5, 0.6) is 0 Å². The normalized spacial score (nSPS) is 11.2. The zero-order valence-corrected chi connectivity index (χ0v) is 40.8. The fraction of sp³-hybridized carbons (Fsp3) is 0. The Bertz CT molecular complexity index is 4030. The molecule has 2 nitrogen and oxygen atoms in total. The molecule has 348 valence electrons. The molecule has 2 heteroatoms. The first-order valence-corrected chi connectivity index (χ1v) is 25.4. The van der Waals surface area contributed by atoms with Gasteiger partial charge in [0.1, 0.15) is 0 Å². The standard InChI is InChI=1S/C72H50N2/c1-5-20-51(21-6-1)59-47-60(52-22-7-2-8-23-52)49-61(48-59)53-38-42-63(43-39-53)73(64-44-40-55(41-45-64)67-33-14-13-32-66(67)54-24-9-3-10-25-54)65-31-18-27-57(50-65)56-26-17-28-58(46-56)68-35-19-37-71-72(68)69-34-15-16-36-70(69)74(71)62-29-11-4-12-30-62/h1-50H. The number of fused-ring (bicyclic) bond motifs is 3. The highest BCUT2D eigenvalue weighted by molar-refractivity contribution is 6.16. The molecule has 1 aromatic heterocycles. The molecule has 12 aromatic carbocycles. The summed E-state index contributed by atoms with van der Waals surface area (Å²) >= 11 is 0. The molecular weight excluding hydrogens is 893 g/mol. The maximum Gasteiger partial charge on any atom is 0.0547 e. The van der Waals surface area contributed by atoms with E-state index in [1.165, 1.54) is 83.0 Å². The minimum Gasteiger partial charge on any atom is -0.310 e. The lowest BCUT2D eigenvalue weighted by Crippen LogP contribution is -2.10. The van der Waals surface area contributed by atoms with Gasteiger partial charge >= 0.3 is 0 Å². The van der Waals surface area contributed by atoms with Gasteiger partial charge in [-0.05, 0) is 163 Å². The molecule has 0 aliphatic heterocycles. The fourth-order valence-electron chi connectivity index (χ4n) is 10.8. The van der Waals surface area contributed by atoms with Crippen molar-refractivity contribution in [3.8, 4) is 83.6 Å². The van der Waals surface area contributed by atoms with E-state index in [9.17, 15) is 0 Å². The quantitative estimate of drug-likeness (QED) is 0.125. The highest BCUT2D eigenvalue weighted by atomic mass is 15.1. The van der Waals surface area contributed by atoms with Gasteiger partial charge < -0.3 is 9.47 Å². The molecule has 0 radical (unpaired) electrons. The third kappa shape index (κ3) is 8.45. The van der Waals surface area contributed by atoms with Gasteiger partial charge in [-0.15, -0.1) is 0 Å². The number of anilines is 3. The molecule has 1 heterocycles. The van der Waals surface area contributed by atoms with E-state index in [0.29, 0.717) is 0 Å². The van der Waals surface area contributed by atoms with E-state index in [1.54, 1.807) is 0 Å². The highest BCUT2D eigenvalue weighted by Crippen LogP contribution is 2.43. The second-order valence-corrected chi connectivity index (χ2v) is 18.9. The van der Waals surface area contributed by atoms with E-state index in [0.717, 1.165) is 39.4 Å². The number of nitrogens with zero attached hydrogens (tertiary/aromatic N) is 2. The number of para-hydroxylation sites is 2. The molecule has 0 spiro atoms. The SMILES string of the molecule is c1ccc(-c2cc(-c3ccccc3)cc(-c3ccc(N(c4ccc(-c5ccccc5-c5ccccc5)cc4)c4cccc(-c5cccc(-c6cccc7c6c6ccccc6n7-c6ccccc6)c5)c4)cc3)c2)cc1. The van der Waals surface area contributed by atoms with Crippen molar-refractivity contribution in [2.45, 2.75) is 0 Å². The van der Waals surface area contributed by atoms with Gasteiger partial charge in [0.2, 0.25) is 0 Å². The summed E-state index contributed by atoms with van der Waals surface area (Å²) < 4.78 is 2.39. The van der Waals surface area contributed by atoms with Gasteiger partial charge in [-0.3, -0.25) is 0 Å². The summed E-state index contributed by atoms with van der Waals surface area (Å²) in [5, 5.41) is 2.50. The van der Waals surface area contributed by atoms with Crippen LogP contribution in [0.1, 0.15) is 0 Å². The maximum atomic E-state index is 2.39. The largest absolute Gasteiger partial charge is 0.310 e. The number of aromatic nitrogens is 1. The second kappa shape index (κ2) is 19.4. The highest BCUT2D eigenvalue weighted by Gasteiger charge is 2.19. The molecule has 0 N–H and O–H groups in total. The van der Waals surface area contributed by atoms with Crippen molar-refractivity contribution >= 4 is 38.9 Å². The molecule has 0 saturated heterocycles. The van der Waals surface area contributed by atoms with Crippen LogP contribution in [0.3, 0.4) is 0 Å². The Morgan fingerprint density at radius 2 is 0.608 bits per heavy atom. The monoisotopic (exact) mass is 942 g/mol. The Hall–Kier alpha value is -9.76. The van der Waals surface area contributed by atoms with Gasteiger partial charge in [-0.2, -0.15) is 0 Å². The summed E-state index contributed by atoms with van der Waals surface area (Å²) in [6.45, 7) is 0. The average Bonchev–Trinajstić information content (AvgIpc) is 3.84. The lowest BCUT2D eigenvalue weighted by Gasteiger charge is -2.26. The Morgan fingerprint density at radius 3 is 1.22 bits per heavy atom. The van der Waals surface area contributed by atoms with Crippen LogP contribution in [0.2, 0.25) is 0 Å². The van der Waals surface area contributed by atoms with Crippen LogP contribution in [0.25, 0.3) is 105 Å². The van der Waals surface area contributed by atoms with Crippen LogP contribution in [-0.2, 0) is 0 Å². The van der Waals surface area contributed by atoms with Gasteiger partial charge in [0.25, 0.3) is 0 Å². The number of rotatable bonds is 11. The van der Waals surface area contributed by atoms with Crippen LogP contribution in [0, 0.1) is 0 Å². The van der Waals surface area contributed by atoms with E-state index >= 15 is 0 Å². The van der Waals surface area contributed by atoms with Gasteiger partial charge in [0.15, 0.2) is 0 Å². The molecule has 0 saturated carbocycles. The van der Waals surface area contributed by atoms with Crippen molar-refractivity contribution in [3.63, 3.8) is 0 Å². The van der Waals surface area contributed by atoms with Crippen molar-refractivity contribution < 1.29 is 0 Å². The number of hydrogen-bond acceptors (Lipinski definition) is 1. The molecule has 0 unspecified atom stereocenters. The zero-order chi connectivity index (χ0) is 49.2. The molecule has 0 bridgehead atoms. The van der Waals surface area contributed by atoms with Crippen LogP contribution in [-0.4, -0.2) is 4.57 Å². The maximum absolute atomic E-state index is 2.39. The lowest BCUT2D eigenvalue weighted by molar-refractivity contribution is 1.18. The number of hydrogen-bond donors (Lipinski definition) is 0. The summed E-state index contributed by atoms with van der Waals surface area (Å²) in [6, 6.07) is 110. The predicted molar refractivity (Wildman–Crippen MR) is 314 cm³/mol. The molecule has 0 atom stereocenters. The zero-order valence-electron chi connectivity index (χ0n) is 40.8. The first kappa shape index (κ1) is 44.2. The molecule has 0 aliphatic carbocycles. The van der Waals surface area contributed by atoms with Crippen molar-refractivity contribution in [2.24, 2.45) is 0 Å². The molecule has 13 aromatic rings. The van der Waals surface area contributed by atoms with E-state index in [4.69, 9.17) is 0 Å². The molecule has 13 rings (SSSR count). The second-order valence-electron chi connectivity index (χ2n) is 18.9. The average molecular weight is 943 g/mol. The minimum atomic E-state index is 1.07. The van der Waals surface area contributed by atoms with E-state index < -0.39 is 0 Å². The van der Waals surface area contributed by atoms with Crippen molar-refractivity contribution in [3.05, 3.63) is 303 Å². The summed E-state index contributed by atoms with van der Waals surface area (Å²) in [5.41, 5.74) is 23.4. The van der Waals surface area contributed by atoms with Crippen molar-refractivity contribution in [1.29, 1.82) is 0 Å².